The smallest absolute Gasteiger partial charge is 0.341 e. The third-order valence-electron chi connectivity index (χ3n) is 5.98. The fraction of sp³-hybridized carbons (Fsp3) is 0.269. The summed E-state index contributed by atoms with van der Waals surface area (Å²) in [5.74, 6) is -0.282. The molecule has 1 aliphatic carbocycles. The summed E-state index contributed by atoms with van der Waals surface area (Å²) in [4.78, 5) is 13.9. The predicted octanol–water partition coefficient (Wildman–Crippen LogP) is 6.01. The number of carbonyl (C=O) groups excluding carboxylic acids is 1. The zero-order valence-corrected chi connectivity index (χ0v) is 20.6. The highest BCUT2D eigenvalue weighted by Crippen LogP contribution is 2.38. The first kappa shape index (κ1) is 22.6. The van der Waals surface area contributed by atoms with Crippen LogP contribution in [0.15, 0.2) is 54.9 Å². The topological polar surface area (TPSA) is 68.2 Å². The number of rotatable bonds is 6. The van der Waals surface area contributed by atoms with Crippen LogP contribution in [-0.2, 0) is 24.1 Å². The number of carbonyl (C=O) groups is 1. The third-order valence-corrected chi connectivity index (χ3v) is 7.39. The van der Waals surface area contributed by atoms with E-state index in [4.69, 9.17) is 17.0 Å². The summed E-state index contributed by atoms with van der Waals surface area (Å²) in [6.45, 7) is 2.83. The third kappa shape index (κ3) is 4.69. The Morgan fingerprint density at radius 1 is 1.15 bits per heavy atom. The van der Waals surface area contributed by atoms with Gasteiger partial charge in [0.15, 0.2) is 5.11 Å². The molecule has 8 heteroatoms. The van der Waals surface area contributed by atoms with Crippen molar-refractivity contribution in [2.75, 3.05) is 17.2 Å². The van der Waals surface area contributed by atoms with Crippen molar-refractivity contribution in [3.05, 3.63) is 76.4 Å². The normalized spacial score (nSPS) is 12.9. The monoisotopic (exact) mass is 490 g/mol. The first-order chi connectivity index (χ1) is 16.6. The number of anilines is 2. The number of esters is 1. The van der Waals surface area contributed by atoms with Crippen LogP contribution >= 0.6 is 23.6 Å². The van der Waals surface area contributed by atoms with Crippen molar-refractivity contribution in [2.24, 2.45) is 0 Å². The molecule has 0 saturated heterocycles. The van der Waals surface area contributed by atoms with Crippen molar-refractivity contribution >= 4 is 56.1 Å². The molecule has 1 aliphatic rings. The minimum atomic E-state index is -0.282. The lowest BCUT2D eigenvalue weighted by Crippen LogP contribution is -2.20. The molecule has 5 rings (SSSR count). The molecule has 0 fully saturated rings. The summed E-state index contributed by atoms with van der Waals surface area (Å²) in [6, 6.07) is 14.7. The van der Waals surface area contributed by atoms with Gasteiger partial charge in [-0.25, -0.2) is 4.79 Å². The second kappa shape index (κ2) is 9.95. The summed E-state index contributed by atoms with van der Waals surface area (Å²) in [6.07, 6.45) is 7.83. The maximum atomic E-state index is 12.7. The Morgan fingerprint density at radius 3 is 2.85 bits per heavy atom. The van der Waals surface area contributed by atoms with Crippen LogP contribution in [0.25, 0.3) is 10.8 Å². The molecule has 34 heavy (non-hydrogen) atoms. The first-order valence-electron chi connectivity index (χ1n) is 11.5. The minimum absolute atomic E-state index is 0.282. The van der Waals surface area contributed by atoms with Crippen LogP contribution in [0.5, 0.6) is 0 Å². The van der Waals surface area contributed by atoms with E-state index >= 15 is 0 Å². The van der Waals surface area contributed by atoms with Crippen LogP contribution < -0.4 is 10.6 Å². The van der Waals surface area contributed by atoms with Crippen LogP contribution in [0.4, 0.5) is 10.7 Å². The van der Waals surface area contributed by atoms with Gasteiger partial charge >= 0.3 is 5.97 Å². The van der Waals surface area contributed by atoms with Gasteiger partial charge in [-0.2, -0.15) is 5.10 Å². The van der Waals surface area contributed by atoms with Gasteiger partial charge in [0, 0.05) is 11.1 Å². The van der Waals surface area contributed by atoms with Crippen LogP contribution in [-0.4, -0.2) is 27.5 Å². The van der Waals surface area contributed by atoms with Gasteiger partial charge in [-0.05, 0) is 66.7 Å². The number of fused-ring (bicyclic) bond motifs is 2. The zero-order chi connectivity index (χ0) is 23.5. The fourth-order valence-electron chi connectivity index (χ4n) is 4.46. The Kier molecular flexibility index (Phi) is 6.60. The molecular weight excluding hydrogens is 464 g/mol. The Morgan fingerprint density at radius 2 is 1.97 bits per heavy atom. The molecule has 0 amide bonds. The van der Waals surface area contributed by atoms with Crippen LogP contribution in [0.2, 0.25) is 0 Å². The second-order valence-corrected chi connectivity index (χ2v) is 9.79. The minimum Gasteiger partial charge on any atom is -0.462 e. The van der Waals surface area contributed by atoms with Crippen molar-refractivity contribution in [1.82, 2.24) is 9.78 Å². The molecule has 0 aliphatic heterocycles. The fourth-order valence-corrected chi connectivity index (χ4v) is 6.02. The van der Waals surface area contributed by atoms with Gasteiger partial charge in [0.2, 0.25) is 0 Å². The average Bonchev–Trinajstić information content (AvgIpc) is 3.43. The Labute approximate surface area is 207 Å². The van der Waals surface area contributed by atoms with E-state index < -0.39 is 0 Å². The van der Waals surface area contributed by atoms with Gasteiger partial charge in [0.25, 0.3) is 0 Å². The highest BCUT2D eigenvalue weighted by Gasteiger charge is 2.26. The van der Waals surface area contributed by atoms with Gasteiger partial charge in [-0.15, -0.1) is 11.3 Å². The van der Waals surface area contributed by atoms with Gasteiger partial charge in [-0.1, -0.05) is 42.5 Å². The molecule has 2 heterocycles. The van der Waals surface area contributed by atoms with E-state index in [-0.39, 0.29) is 5.97 Å². The molecule has 2 aromatic carbocycles. The number of aryl methyl sites for hydroxylation is 1. The Bertz CT molecular complexity index is 1350. The molecule has 2 aromatic heterocycles. The van der Waals surface area contributed by atoms with Gasteiger partial charge in [-0.3, -0.25) is 4.68 Å². The molecule has 4 aromatic rings. The van der Waals surface area contributed by atoms with E-state index in [9.17, 15) is 4.79 Å². The summed E-state index contributed by atoms with van der Waals surface area (Å²) in [7, 11) is 0. The van der Waals surface area contributed by atoms with Crippen LogP contribution in [0, 0.1) is 0 Å². The van der Waals surface area contributed by atoms with Crippen molar-refractivity contribution in [1.29, 1.82) is 0 Å². The largest absolute Gasteiger partial charge is 0.462 e. The predicted molar refractivity (Wildman–Crippen MR) is 142 cm³/mol. The van der Waals surface area contributed by atoms with Crippen molar-refractivity contribution in [2.45, 2.75) is 39.2 Å². The molecule has 0 bridgehead atoms. The number of thiophene rings is 1. The summed E-state index contributed by atoms with van der Waals surface area (Å²) >= 11 is 7.17. The number of nitrogens with one attached hydrogen (secondary N) is 2. The quantitative estimate of drug-likeness (QED) is 0.255. The molecule has 6 nitrogen and oxygen atoms in total. The SMILES string of the molecule is CCOC(=O)c1c(NC(=S)Nc2cnn(Cc3cccc4ccccc34)c2)sc2c1CCCC2. The van der Waals surface area contributed by atoms with E-state index in [1.807, 2.05) is 23.9 Å². The molecular formula is C26H26N4O2S2. The standard InChI is InChI=1S/C26H26N4O2S2/c1-2-32-25(31)23-21-12-5-6-13-22(21)34-24(23)29-26(33)28-19-14-27-30(16-19)15-18-10-7-9-17-8-3-4-11-20(17)18/h3-4,7-11,14,16H,2,5-6,12-13,15H2,1H3,(H2,28,29,33). The molecule has 0 radical (unpaired) electrons. The van der Waals surface area contributed by atoms with Crippen molar-refractivity contribution in [3.63, 3.8) is 0 Å². The number of thiocarbonyl (C=S) groups is 1. The lowest BCUT2D eigenvalue weighted by molar-refractivity contribution is 0.0526. The van der Waals surface area contributed by atoms with E-state index in [1.54, 1.807) is 17.5 Å². The van der Waals surface area contributed by atoms with Gasteiger partial charge in [0.1, 0.15) is 5.00 Å². The highest BCUT2D eigenvalue weighted by atomic mass is 32.1. The van der Waals surface area contributed by atoms with E-state index in [0.29, 0.717) is 23.8 Å². The number of benzene rings is 2. The molecule has 0 atom stereocenters. The summed E-state index contributed by atoms with van der Waals surface area (Å²) in [5, 5.41) is 14.6. The summed E-state index contributed by atoms with van der Waals surface area (Å²) < 4.78 is 7.22. The molecule has 0 unspecified atom stereocenters. The van der Waals surface area contributed by atoms with Crippen LogP contribution in [0.1, 0.15) is 46.1 Å². The summed E-state index contributed by atoms with van der Waals surface area (Å²) in [5.41, 5.74) is 3.74. The second-order valence-electron chi connectivity index (χ2n) is 8.28. The average molecular weight is 491 g/mol. The zero-order valence-electron chi connectivity index (χ0n) is 19.0. The molecule has 2 N–H and O–H groups in total. The maximum absolute atomic E-state index is 12.7. The van der Waals surface area contributed by atoms with E-state index in [2.05, 4.69) is 52.1 Å². The molecule has 0 saturated carbocycles. The number of nitrogens with zero attached hydrogens (tertiary/aromatic N) is 2. The van der Waals surface area contributed by atoms with Crippen molar-refractivity contribution < 1.29 is 9.53 Å². The molecule has 0 spiro atoms. The van der Waals surface area contributed by atoms with Crippen molar-refractivity contribution in [3.8, 4) is 0 Å². The lowest BCUT2D eigenvalue weighted by atomic mass is 9.95. The van der Waals surface area contributed by atoms with Gasteiger partial charge < -0.3 is 15.4 Å². The van der Waals surface area contributed by atoms with Gasteiger partial charge in [0.05, 0.1) is 30.6 Å². The highest BCUT2D eigenvalue weighted by molar-refractivity contribution is 7.80. The maximum Gasteiger partial charge on any atom is 0.341 e. The number of hydrogen-bond donors (Lipinski definition) is 2. The Hall–Kier alpha value is -3.23. The lowest BCUT2D eigenvalue weighted by Gasteiger charge is -2.13. The number of aromatic nitrogens is 2. The van der Waals surface area contributed by atoms with E-state index in [1.165, 1.54) is 21.2 Å². The number of hydrogen-bond acceptors (Lipinski definition) is 5. The Balaban J connectivity index is 1.30. The first-order valence-corrected chi connectivity index (χ1v) is 12.7. The molecule has 174 valence electrons. The number of ether oxygens (including phenoxy) is 1. The van der Waals surface area contributed by atoms with Crippen LogP contribution in [0.3, 0.4) is 0 Å². The van der Waals surface area contributed by atoms with E-state index in [0.717, 1.165) is 41.9 Å².